The maximum Gasteiger partial charge on any atom is 0.221 e. The van der Waals surface area contributed by atoms with Gasteiger partial charge in [-0.3, -0.25) is 9.79 Å². The van der Waals surface area contributed by atoms with Crippen molar-refractivity contribution in [3.05, 3.63) is 35.6 Å². The first-order valence-corrected chi connectivity index (χ1v) is 7.54. The van der Waals surface area contributed by atoms with Crippen LogP contribution in [0.15, 0.2) is 29.3 Å². The van der Waals surface area contributed by atoms with Crippen LogP contribution in [0, 0.1) is 5.82 Å². The maximum atomic E-state index is 13.5. The van der Waals surface area contributed by atoms with E-state index in [0.29, 0.717) is 31.0 Å². The van der Waals surface area contributed by atoms with Crippen LogP contribution < -0.4 is 16.0 Å². The summed E-state index contributed by atoms with van der Waals surface area (Å²) in [7, 11) is 1.63. The van der Waals surface area contributed by atoms with Gasteiger partial charge in [-0.05, 0) is 19.4 Å². The molecule has 1 aromatic rings. The fraction of sp³-hybridized carbons (Fsp3) is 0.500. The second-order valence-corrected chi connectivity index (χ2v) is 5.07. The number of nitrogens with zero attached hydrogens (tertiary/aromatic N) is 1. The van der Waals surface area contributed by atoms with Gasteiger partial charge in [0.25, 0.3) is 0 Å². The molecule has 0 heterocycles. The number of halogens is 2. The zero-order chi connectivity index (χ0) is 16.4. The summed E-state index contributed by atoms with van der Waals surface area (Å²) in [6.07, 6.45) is 1.27. The Kier molecular flexibility index (Phi) is 11.4. The molecule has 0 spiro atoms. The van der Waals surface area contributed by atoms with Gasteiger partial charge in [-0.2, -0.15) is 0 Å². The Labute approximate surface area is 154 Å². The second kappa shape index (κ2) is 12.1. The van der Waals surface area contributed by atoms with Crippen molar-refractivity contribution in [3.63, 3.8) is 0 Å². The highest BCUT2D eigenvalue weighted by molar-refractivity contribution is 14.0. The lowest BCUT2D eigenvalue weighted by Gasteiger charge is -2.14. The van der Waals surface area contributed by atoms with Crippen LogP contribution in [0.5, 0.6) is 0 Å². The van der Waals surface area contributed by atoms with E-state index in [9.17, 15) is 9.18 Å². The van der Waals surface area contributed by atoms with Crippen molar-refractivity contribution in [1.82, 2.24) is 16.0 Å². The van der Waals surface area contributed by atoms with Gasteiger partial charge in [0.05, 0.1) is 0 Å². The maximum absolute atomic E-state index is 13.5. The van der Waals surface area contributed by atoms with Gasteiger partial charge >= 0.3 is 0 Å². The molecule has 0 aromatic heterocycles. The number of nitrogens with one attached hydrogen (secondary N) is 3. The molecular formula is C16H26FIN4O. The van der Waals surface area contributed by atoms with E-state index in [-0.39, 0.29) is 41.7 Å². The lowest BCUT2D eigenvalue weighted by Crippen LogP contribution is -2.40. The number of rotatable bonds is 7. The van der Waals surface area contributed by atoms with Crippen LogP contribution in [0.4, 0.5) is 4.39 Å². The minimum atomic E-state index is -0.251. The molecule has 0 radical (unpaired) electrons. The lowest BCUT2D eigenvalue weighted by atomic mass is 10.2. The predicted molar refractivity (Wildman–Crippen MR) is 103 cm³/mol. The molecular weight excluding hydrogens is 410 g/mol. The van der Waals surface area contributed by atoms with Crippen LogP contribution in [-0.4, -0.2) is 31.5 Å². The molecule has 130 valence electrons. The Morgan fingerprint density at radius 1 is 1.30 bits per heavy atom. The highest BCUT2D eigenvalue weighted by Gasteiger charge is 2.06. The minimum absolute atomic E-state index is 0. The summed E-state index contributed by atoms with van der Waals surface area (Å²) in [5, 5.41) is 8.95. The van der Waals surface area contributed by atoms with Crippen LogP contribution in [0.1, 0.15) is 32.3 Å². The van der Waals surface area contributed by atoms with E-state index >= 15 is 0 Å². The Morgan fingerprint density at radius 2 is 2.00 bits per heavy atom. The van der Waals surface area contributed by atoms with E-state index in [1.165, 1.54) is 6.07 Å². The van der Waals surface area contributed by atoms with Crippen LogP contribution in [0.25, 0.3) is 0 Å². The molecule has 0 aliphatic rings. The number of aliphatic imine (C=N–C) groups is 1. The van der Waals surface area contributed by atoms with Gasteiger partial charge in [0.1, 0.15) is 5.82 Å². The van der Waals surface area contributed by atoms with Crippen LogP contribution in [0.3, 0.4) is 0 Å². The Hall–Kier alpha value is -1.38. The highest BCUT2D eigenvalue weighted by Crippen LogP contribution is 2.05. The molecule has 1 amide bonds. The van der Waals surface area contributed by atoms with Gasteiger partial charge in [-0.25, -0.2) is 4.39 Å². The van der Waals surface area contributed by atoms with E-state index in [2.05, 4.69) is 20.9 Å². The van der Waals surface area contributed by atoms with Gasteiger partial charge in [0.2, 0.25) is 5.91 Å². The topological polar surface area (TPSA) is 65.5 Å². The largest absolute Gasteiger partial charge is 0.356 e. The number of carbonyl (C=O) groups is 1. The monoisotopic (exact) mass is 436 g/mol. The van der Waals surface area contributed by atoms with Gasteiger partial charge < -0.3 is 16.0 Å². The molecule has 0 bridgehead atoms. The van der Waals surface area contributed by atoms with Gasteiger partial charge in [-0.15, -0.1) is 24.0 Å². The molecule has 0 saturated carbocycles. The number of benzene rings is 1. The number of carbonyl (C=O) groups excluding carboxylic acids is 1. The van der Waals surface area contributed by atoms with Crippen LogP contribution >= 0.6 is 24.0 Å². The molecule has 1 aromatic carbocycles. The normalized spacial score (nSPS) is 12.1. The molecule has 1 atom stereocenters. The fourth-order valence-corrected chi connectivity index (χ4v) is 1.78. The third kappa shape index (κ3) is 8.73. The van der Waals surface area contributed by atoms with Gasteiger partial charge in [0.15, 0.2) is 5.96 Å². The number of hydrogen-bond acceptors (Lipinski definition) is 2. The van der Waals surface area contributed by atoms with Crippen LogP contribution in [0.2, 0.25) is 0 Å². The third-order valence-corrected chi connectivity index (χ3v) is 3.29. The molecule has 0 fully saturated rings. The summed E-state index contributed by atoms with van der Waals surface area (Å²) >= 11 is 0. The summed E-state index contributed by atoms with van der Waals surface area (Å²) in [6, 6.07) is 6.77. The lowest BCUT2D eigenvalue weighted by molar-refractivity contribution is -0.121. The molecule has 7 heteroatoms. The second-order valence-electron chi connectivity index (χ2n) is 5.07. The summed E-state index contributed by atoms with van der Waals surface area (Å²) in [5.41, 5.74) is 0.569. The first-order chi connectivity index (χ1) is 10.6. The van der Waals surface area contributed by atoms with Crippen molar-refractivity contribution in [2.75, 3.05) is 13.6 Å². The summed E-state index contributed by atoms with van der Waals surface area (Å²) in [6.45, 7) is 4.81. The molecule has 0 aliphatic carbocycles. The molecule has 5 nitrogen and oxygen atoms in total. The average Bonchev–Trinajstić information content (AvgIpc) is 2.51. The van der Waals surface area contributed by atoms with Crippen molar-refractivity contribution in [3.8, 4) is 0 Å². The summed E-state index contributed by atoms with van der Waals surface area (Å²) in [4.78, 5) is 15.7. The summed E-state index contributed by atoms with van der Waals surface area (Å²) < 4.78 is 13.5. The average molecular weight is 436 g/mol. The number of hydrogen-bond donors (Lipinski definition) is 3. The first kappa shape index (κ1) is 21.6. The van der Waals surface area contributed by atoms with E-state index in [4.69, 9.17) is 0 Å². The van der Waals surface area contributed by atoms with Crippen LogP contribution in [-0.2, 0) is 11.3 Å². The molecule has 3 N–H and O–H groups in total. The van der Waals surface area contributed by atoms with E-state index in [1.807, 2.05) is 13.8 Å². The predicted octanol–water partition coefficient (Wildman–Crippen LogP) is 2.41. The Bertz CT molecular complexity index is 511. The Balaban J connectivity index is 0.00000484. The smallest absolute Gasteiger partial charge is 0.221 e. The molecule has 23 heavy (non-hydrogen) atoms. The zero-order valence-corrected chi connectivity index (χ0v) is 16.2. The quantitative estimate of drug-likeness (QED) is 0.350. The summed E-state index contributed by atoms with van der Waals surface area (Å²) in [5.74, 6) is 0.296. The van der Waals surface area contributed by atoms with Crippen molar-refractivity contribution >= 4 is 35.8 Å². The molecule has 1 unspecified atom stereocenters. The molecule has 1 rings (SSSR count). The van der Waals surface area contributed by atoms with Gasteiger partial charge in [0, 0.05) is 38.2 Å². The minimum Gasteiger partial charge on any atom is -0.356 e. The SMILES string of the molecule is CCC(C)NC(=O)CCNC(=NC)NCc1ccccc1F.I. The van der Waals surface area contributed by atoms with E-state index in [1.54, 1.807) is 25.2 Å². The standard InChI is InChI=1S/C16H25FN4O.HI/c1-4-12(2)21-15(22)9-10-19-16(18-3)20-11-13-7-5-6-8-14(13)17;/h5-8,12H,4,9-11H2,1-3H3,(H,21,22)(H2,18,19,20);1H. The third-order valence-electron chi connectivity index (χ3n) is 3.29. The van der Waals surface area contributed by atoms with Crippen molar-refractivity contribution < 1.29 is 9.18 Å². The van der Waals surface area contributed by atoms with Crippen molar-refractivity contribution in [1.29, 1.82) is 0 Å². The molecule has 0 aliphatic heterocycles. The zero-order valence-electron chi connectivity index (χ0n) is 13.9. The van der Waals surface area contributed by atoms with Crippen molar-refractivity contribution in [2.24, 2.45) is 4.99 Å². The van der Waals surface area contributed by atoms with Gasteiger partial charge in [-0.1, -0.05) is 25.1 Å². The number of amides is 1. The van der Waals surface area contributed by atoms with E-state index in [0.717, 1.165) is 6.42 Å². The highest BCUT2D eigenvalue weighted by atomic mass is 127. The Morgan fingerprint density at radius 3 is 2.61 bits per heavy atom. The first-order valence-electron chi connectivity index (χ1n) is 7.54. The molecule has 0 saturated heterocycles. The fourth-order valence-electron chi connectivity index (χ4n) is 1.78. The van der Waals surface area contributed by atoms with Crippen molar-refractivity contribution in [2.45, 2.75) is 39.3 Å². The number of guanidine groups is 1. The van der Waals surface area contributed by atoms with E-state index < -0.39 is 0 Å².